The summed E-state index contributed by atoms with van der Waals surface area (Å²) in [6.07, 6.45) is -2.90. The zero-order valence-corrected chi connectivity index (χ0v) is 24.1. The summed E-state index contributed by atoms with van der Waals surface area (Å²) in [4.78, 5) is 30.2. The number of carbonyl (C=O) groups excluding carboxylic acids is 2. The normalized spacial score (nSPS) is 23.8. The standard InChI is InChI=1S/C29H35F3N3O5S/c1-19(2)33(3)23-12-13-25(21(17-23)18-41(39,40)24-10-5-4-6-11-24)34-15-14-26(28(34)37)35(38)27(36)20-8-7-9-22(16-20)29(30,31)32/h4-11,16,19,21,23,25-26H,12-15,17-18H2,1-3H3/q-1/t21-,23+,25-,26-/m0/s1. The Kier molecular flexibility index (Phi) is 9.15. The fourth-order valence-corrected chi connectivity index (χ4v) is 7.63. The van der Waals surface area contributed by atoms with E-state index in [0.29, 0.717) is 18.9 Å². The van der Waals surface area contributed by atoms with Crippen molar-refractivity contribution in [3.63, 3.8) is 0 Å². The molecule has 1 saturated heterocycles. The first-order chi connectivity index (χ1) is 19.2. The van der Waals surface area contributed by atoms with Crippen molar-refractivity contribution in [2.45, 2.75) is 74.8 Å². The fraction of sp³-hybridized carbons (Fsp3) is 0.517. The second-order valence-corrected chi connectivity index (χ2v) is 13.2. The van der Waals surface area contributed by atoms with Gasteiger partial charge in [-0.2, -0.15) is 13.2 Å². The smallest absolute Gasteiger partial charge is 0.416 e. The lowest BCUT2D eigenvalue weighted by atomic mass is 9.81. The van der Waals surface area contributed by atoms with Crippen LogP contribution in [0.5, 0.6) is 0 Å². The molecule has 4 atom stereocenters. The van der Waals surface area contributed by atoms with Crippen molar-refractivity contribution < 1.29 is 31.2 Å². The Morgan fingerprint density at radius 3 is 2.39 bits per heavy atom. The molecule has 2 amide bonds. The number of amides is 2. The third-order valence-corrected chi connectivity index (χ3v) is 10.2. The molecule has 12 heteroatoms. The molecule has 1 aliphatic heterocycles. The number of hydrogen-bond donors (Lipinski definition) is 0. The summed E-state index contributed by atoms with van der Waals surface area (Å²) >= 11 is 0. The summed E-state index contributed by atoms with van der Waals surface area (Å²) in [5.41, 5.74) is -1.52. The van der Waals surface area contributed by atoms with Gasteiger partial charge in [0.25, 0.3) is 0 Å². The molecule has 2 aliphatic rings. The highest BCUT2D eigenvalue weighted by atomic mass is 32.2. The minimum atomic E-state index is -4.69. The van der Waals surface area contributed by atoms with E-state index in [9.17, 15) is 36.4 Å². The second-order valence-electron chi connectivity index (χ2n) is 11.2. The average Bonchev–Trinajstić information content (AvgIpc) is 3.32. The molecular formula is C29H35F3N3O5S-. The lowest BCUT2D eigenvalue weighted by molar-refractivity contribution is -0.137. The first-order valence-electron chi connectivity index (χ1n) is 13.7. The number of sulfone groups is 1. The van der Waals surface area contributed by atoms with Gasteiger partial charge in [0.15, 0.2) is 9.84 Å². The summed E-state index contributed by atoms with van der Waals surface area (Å²) in [5.74, 6) is -2.42. The first kappa shape index (κ1) is 31.0. The van der Waals surface area contributed by atoms with Gasteiger partial charge >= 0.3 is 6.18 Å². The summed E-state index contributed by atoms with van der Waals surface area (Å²) in [5, 5.41) is 13.0. The van der Waals surface area contributed by atoms with Crippen molar-refractivity contribution in [3.8, 4) is 0 Å². The SMILES string of the molecule is CC(C)N(C)[C@@H]1CC[C@H](N2CC[C@H](N([O-])C(=O)c3cccc(C(F)(F)F)c3)C2=O)[C@H](CS(=O)(=O)c2ccccc2)C1. The third-order valence-electron chi connectivity index (χ3n) is 8.37. The van der Waals surface area contributed by atoms with E-state index in [4.69, 9.17) is 0 Å². The van der Waals surface area contributed by atoms with E-state index >= 15 is 0 Å². The van der Waals surface area contributed by atoms with Crippen LogP contribution in [0.25, 0.3) is 0 Å². The average molecular weight is 595 g/mol. The van der Waals surface area contributed by atoms with Crippen LogP contribution in [0.3, 0.4) is 0 Å². The summed E-state index contributed by atoms with van der Waals surface area (Å²) < 4.78 is 66.1. The molecule has 2 fully saturated rings. The number of hydrogen-bond acceptors (Lipinski definition) is 6. The molecular weight excluding hydrogens is 559 g/mol. The second kappa shape index (κ2) is 12.1. The minimum absolute atomic E-state index is 0.0109. The summed E-state index contributed by atoms with van der Waals surface area (Å²) in [7, 11) is -1.69. The fourth-order valence-electron chi connectivity index (χ4n) is 5.94. The van der Waals surface area contributed by atoms with E-state index in [1.54, 1.807) is 18.2 Å². The van der Waals surface area contributed by atoms with Gasteiger partial charge in [0.2, 0.25) is 11.8 Å². The maximum atomic E-state index is 13.5. The largest absolute Gasteiger partial charge is 0.755 e. The molecule has 0 N–H and O–H groups in total. The van der Waals surface area contributed by atoms with E-state index in [1.807, 2.05) is 7.05 Å². The quantitative estimate of drug-likeness (QED) is 0.415. The van der Waals surface area contributed by atoms with Gasteiger partial charge in [-0.25, -0.2) is 8.42 Å². The number of benzene rings is 2. The molecule has 8 nitrogen and oxygen atoms in total. The molecule has 4 rings (SSSR count). The topological polar surface area (TPSA) is 101 Å². The number of carbonyl (C=O) groups is 2. The van der Waals surface area contributed by atoms with E-state index in [1.165, 1.54) is 17.0 Å². The van der Waals surface area contributed by atoms with Gasteiger partial charge in [0.1, 0.15) is 6.04 Å². The van der Waals surface area contributed by atoms with Gasteiger partial charge in [-0.05, 0) is 82.8 Å². The predicted molar refractivity (Wildman–Crippen MR) is 147 cm³/mol. The molecule has 2 aromatic carbocycles. The number of alkyl halides is 3. The van der Waals surface area contributed by atoms with E-state index in [2.05, 4.69) is 18.7 Å². The third kappa shape index (κ3) is 6.76. The molecule has 0 unspecified atom stereocenters. The van der Waals surface area contributed by atoms with Gasteiger partial charge in [0, 0.05) is 30.2 Å². The van der Waals surface area contributed by atoms with Crippen LogP contribution in [-0.4, -0.2) is 78.6 Å². The van der Waals surface area contributed by atoms with Crippen LogP contribution in [0.1, 0.15) is 55.5 Å². The number of hydroxylamine groups is 2. The molecule has 0 bridgehead atoms. The number of rotatable bonds is 8. The van der Waals surface area contributed by atoms with Gasteiger partial charge in [0.05, 0.1) is 16.2 Å². The van der Waals surface area contributed by atoms with Crippen LogP contribution >= 0.6 is 0 Å². The van der Waals surface area contributed by atoms with Crippen LogP contribution in [0, 0.1) is 11.1 Å². The maximum absolute atomic E-state index is 13.5. The van der Waals surface area contributed by atoms with Gasteiger partial charge < -0.3 is 20.1 Å². The van der Waals surface area contributed by atoms with Crippen LogP contribution in [0.15, 0.2) is 59.5 Å². The van der Waals surface area contributed by atoms with Gasteiger partial charge in [-0.15, -0.1) is 0 Å². The molecule has 0 radical (unpaired) electrons. The van der Waals surface area contributed by atoms with E-state index in [-0.39, 0.29) is 40.8 Å². The Morgan fingerprint density at radius 1 is 1.07 bits per heavy atom. The molecule has 1 saturated carbocycles. The lowest BCUT2D eigenvalue weighted by Gasteiger charge is -2.45. The van der Waals surface area contributed by atoms with Crippen LogP contribution in [0.2, 0.25) is 0 Å². The molecule has 1 heterocycles. The van der Waals surface area contributed by atoms with Crippen LogP contribution < -0.4 is 0 Å². The summed E-state index contributed by atoms with van der Waals surface area (Å²) in [6.45, 7) is 4.26. The van der Waals surface area contributed by atoms with Crippen molar-refractivity contribution >= 4 is 21.7 Å². The van der Waals surface area contributed by atoms with Crippen molar-refractivity contribution in [1.29, 1.82) is 0 Å². The van der Waals surface area contributed by atoms with Gasteiger partial charge in [-0.1, -0.05) is 24.3 Å². The molecule has 0 spiro atoms. The van der Waals surface area contributed by atoms with E-state index < -0.39 is 57.0 Å². The Labute approximate surface area is 238 Å². The molecule has 2 aromatic rings. The van der Waals surface area contributed by atoms with Crippen molar-refractivity contribution in [1.82, 2.24) is 14.9 Å². The summed E-state index contributed by atoms with van der Waals surface area (Å²) in [6, 6.07) is 10.1. The van der Waals surface area contributed by atoms with Gasteiger partial charge in [-0.3, -0.25) is 9.59 Å². The predicted octanol–water partition coefficient (Wildman–Crippen LogP) is 4.60. The number of likely N-dealkylation sites (tertiary alicyclic amines) is 1. The van der Waals surface area contributed by atoms with E-state index in [0.717, 1.165) is 24.6 Å². The van der Waals surface area contributed by atoms with Crippen LogP contribution in [-0.2, 0) is 20.8 Å². The first-order valence-corrected chi connectivity index (χ1v) is 15.3. The molecule has 1 aliphatic carbocycles. The number of halogens is 3. The molecule has 41 heavy (non-hydrogen) atoms. The zero-order valence-electron chi connectivity index (χ0n) is 23.3. The maximum Gasteiger partial charge on any atom is 0.416 e. The Bertz CT molecular complexity index is 1350. The van der Waals surface area contributed by atoms with Crippen LogP contribution in [0.4, 0.5) is 13.2 Å². The lowest BCUT2D eigenvalue weighted by Crippen LogP contribution is -2.53. The highest BCUT2D eigenvalue weighted by molar-refractivity contribution is 7.91. The number of nitrogens with zero attached hydrogens (tertiary/aromatic N) is 3. The Hall–Kier alpha value is -2.96. The Balaban J connectivity index is 1.55. The molecule has 0 aromatic heterocycles. The van der Waals surface area contributed by atoms with Crippen molar-refractivity contribution in [2.24, 2.45) is 5.92 Å². The highest BCUT2D eigenvalue weighted by Crippen LogP contribution is 2.37. The minimum Gasteiger partial charge on any atom is -0.755 e. The van der Waals surface area contributed by atoms with Crippen molar-refractivity contribution in [3.05, 3.63) is 70.9 Å². The molecule has 224 valence electrons. The monoisotopic (exact) mass is 594 g/mol. The highest BCUT2D eigenvalue weighted by Gasteiger charge is 2.45. The zero-order chi connectivity index (χ0) is 30.1. The van der Waals surface area contributed by atoms with Crippen molar-refractivity contribution in [2.75, 3.05) is 19.3 Å². The Morgan fingerprint density at radius 2 is 1.76 bits per heavy atom.